The van der Waals surface area contributed by atoms with Crippen LogP contribution in [-0.2, 0) is 9.59 Å². The summed E-state index contributed by atoms with van der Waals surface area (Å²) in [5.41, 5.74) is -1.18. The largest absolute Gasteiger partial charge is 0.480 e. The summed E-state index contributed by atoms with van der Waals surface area (Å²) in [4.78, 5) is 23.8. The van der Waals surface area contributed by atoms with Crippen molar-refractivity contribution in [1.29, 1.82) is 0 Å². The standard InChI is InChI=1S/C28H52O4/c1-5-6-7-8-9-10-14-17-20-23-28(25(29)30,26(31)32)24-21-18-15-12-11-13-16-19-22-27(2,3)4/h5H,1,6-24H2,2-4H3,(H,29,30)(H,31,32). The van der Waals surface area contributed by atoms with Gasteiger partial charge in [-0.2, -0.15) is 0 Å². The lowest BCUT2D eigenvalue weighted by Crippen LogP contribution is -2.39. The Balaban J connectivity index is 4.05. The van der Waals surface area contributed by atoms with Gasteiger partial charge in [-0.1, -0.05) is 117 Å². The Morgan fingerprint density at radius 3 is 1.22 bits per heavy atom. The van der Waals surface area contributed by atoms with E-state index in [0.717, 1.165) is 44.9 Å². The van der Waals surface area contributed by atoms with Crippen LogP contribution in [0.1, 0.15) is 143 Å². The molecule has 0 atom stereocenters. The number of rotatable bonds is 22. The number of unbranched alkanes of at least 4 members (excludes halogenated alkanes) is 14. The molecule has 0 spiro atoms. The van der Waals surface area contributed by atoms with E-state index in [9.17, 15) is 19.8 Å². The van der Waals surface area contributed by atoms with Crippen molar-refractivity contribution in [2.24, 2.45) is 10.8 Å². The lowest BCUT2D eigenvalue weighted by atomic mass is 9.78. The van der Waals surface area contributed by atoms with Crippen LogP contribution in [0, 0.1) is 10.8 Å². The summed E-state index contributed by atoms with van der Waals surface area (Å²) < 4.78 is 0. The first-order valence-corrected chi connectivity index (χ1v) is 13.2. The quantitative estimate of drug-likeness (QED) is 0.0977. The van der Waals surface area contributed by atoms with Crippen LogP contribution in [0.5, 0.6) is 0 Å². The zero-order chi connectivity index (χ0) is 24.3. The van der Waals surface area contributed by atoms with Crippen molar-refractivity contribution < 1.29 is 19.8 Å². The third-order valence-electron chi connectivity index (χ3n) is 6.61. The summed E-state index contributed by atoms with van der Waals surface area (Å²) >= 11 is 0. The lowest BCUT2D eigenvalue weighted by Gasteiger charge is -2.25. The third kappa shape index (κ3) is 15.5. The molecular weight excluding hydrogens is 400 g/mol. The average molecular weight is 453 g/mol. The highest BCUT2D eigenvalue weighted by Crippen LogP contribution is 2.33. The molecule has 0 unspecified atom stereocenters. The molecule has 0 aliphatic carbocycles. The van der Waals surface area contributed by atoms with Crippen molar-refractivity contribution >= 4 is 11.9 Å². The van der Waals surface area contributed by atoms with Gasteiger partial charge in [0, 0.05) is 0 Å². The lowest BCUT2D eigenvalue weighted by molar-refractivity contribution is -0.166. The molecule has 4 heteroatoms. The van der Waals surface area contributed by atoms with E-state index in [1.807, 2.05) is 6.08 Å². The maximum absolute atomic E-state index is 11.9. The molecular formula is C28H52O4. The fourth-order valence-corrected chi connectivity index (χ4v) is 4.39. The molecule has 0 heterocycles. The Morgan fingerprint density at radius 2 is 0.906 bits per heavy atom. The van der Waals surface area contributed by atoms with Crippen molar-refractivity contribution in [3.8, 4) is 0 Å². The molecule has 188 valence electrons. The number of allylic oxidation sites excluding steroid dienone is 1. The Kier molecular flexibility index (Phi) is 17.4. The number of hydrogen-bond acceptors (Lipinski definition) is 2. The number of aliphatic carboxylic acids is 2. The van der Waals surface area contributed by atoms with Gasteiger partial charge in [-0.25, -0.2) is 0 Å². The molecule has 0 aromatic carbocycles. The fourth-order valence-electron chi connectivity index (χ4n) is 4.39. The van der Waals surface area contributed by atoms with Gasteiger partial charge in [-0.05, 0) is 37.5 Å². The average Bonchev–Trinajstić information content (AvgIpc) is 2.71. The van der Waals surface area contributed by atoms with Crippen LogP contribution in [0.3, 0.4) is 0 Å². The van der Waals surface area contributed by atoms with Gasteiger partial charge >= 0.3 is 11.9 Å². The second-order valence-electron chi connectivity index (χ2n) is 10.9. The minimum Gasteiger partial charge on any atom is -0.480 e. The highest BCUT2D eigenvalue weighted by molar-refractivity contribution is 5.98. The molecule has 0 aliphatic heterocycles. The summed E-state index contributed by atoms with van der Waals surface area (Å²) in [5.74, 6) is -2.32. The predicted molar refractivity (Wildman–Crippen MR) is 135 cm³/mol. The first kappa shape index (κ1) is 30.7. The van der Waals surface area contributed by atoms with Crippen molar-refractivity contribution in [2.75, 3.05) is 0 Å². The SMILES string of the molecule is C=CCCCCCCCCCC(CCCCCCCCCCC(C)(C)C)(C(=O)O)C(=O)O. The molecule has 0 fully saturated rings. The van der Waals surface area contributed by atoms with Crippen molar-refractivity contribution in [2.45, 2.75) is 143 Å². The van der Waals surface area contributed by atoms with E-state index in [4.69, 9.17) is 0 Å². The normalized spacial score (nSPS) is 12.1. The summed E-state index contributed by atoms with van der Waals surface area (Å²) in [6.07, 6.45) is 21.1. The zero-order valence-electron chi connectivity index (χ0n) is 21.4. The zero-order valence-corrected chi connectivity index (χ0v) is 21.4. The number of carboxylic acids is 2. The Labute approximate surface area is 198 Å². The van der Waals surface area contributed by atoms with Crippen molar-refractivity contribution in [1.82, 2.24) is 0 Å². The fraction of sp³-hybridized carbons (Fsp3) is 0.857. The second-order valence-corrected chi connectivity index (χ2v) is 10.9. The van der Waals surface area contributed by atoms with Crippen LogP contribution in [0.25, 0.3) is 0 Å². The molecule has 4 nitrogen and oxygen atoms in total. The van der Waals surface area contributed by atoms with E-state index in [0.29, 0.717) is 18.3 Å². The summed E-state index contributed by atoms with van der Waals surface area (Å²) in [7, 11) is 0. The molecule has 0 bridgehead atoms. The molecule has 0 saturated heterocycles. The summed E-state index contributed by atoms with van der Waals surface area (Å²) in [6.45, 7) is 10.6. The Hall–Kier alpha value is -1.32. The first-order valence-electron chi connectivity index (χ1n) is 13.2. The summed E-state index contributed by atoms with van der Waals surface area (Å²) in [5, 5.41) is 19.4. The van der Waals surface area contributed by atoms with Crippen LogP contribution in [0.4, 0.5) is 0 Å². The van der Waals surface area contributed by atoms with Gasteiger partial charge in [0.2, 0.25) is 0 Å². The third-order valence-corrected chi connectivity index (χ3v) is 6.61. The summed E-state index contributed by atoms with van der Waals surface area (Å²) in [6, 6.07) is 0. The first-order chi connectivity index (χ1) is 15.2. The van der Waals surface area contributed by atoms with E-state index < -0.39 is 17.4 Å². The van der Waals surface area contributed by atoms with E-state index in [2.05, 4.69) is 27.4 Å². The minimum absolute atomic E-state index is 0.252. The number of hydrogen-bond donors (Lipinski definition) is 2. The van der Waals surface area contributed by atoms with Gasteiger partial charge in [-0.15, -0.1) is 6.58 Å². The van der Waals surface area contributed by atoms with Crippen molar-refractivity contribution in [3.05, 3.63) is 12.7 Å². The molecule has 0 rings (SSSR count). The molecule has 2 N–H and O–H groups in total. The Morgan fingerprint density at radius 1 is 0.594 bits per heavy atom. The molecule has 0 amide bonds. The topological polar surface area (TPSA) is 74.6 Å². The minimum atomic E-state index is -1.60. The molecule has 32 heavy (non-hydrogen) atoms. The monoisotopic (exact) mass is 452 g/mol. The highest BCUT2D eigenvalue weighted by atomic mass is 16.4. The number of carboxylic acid groups (broad SMARTS) is 2. The molecule has 0 aromatic rings. The van der Waals surface area contributed by atoms with Crippen LogP contribution >= 0.6 is 0 Å². The maximum Gasteiger partial charge on any atom is 0.321 e. The van der Waals surface area contributed by atoms with E-state index in [1.54, 1.807) is 0 Å². The second kappa shape index (κ2) is 18.1. The van der Waals surface area contributed by atoms with Gasteiger partial charge < -0.3 is 10.2 Å². The van der Waals surface area contributed by atoms with Gasteiger partial charge in [0.1, 0.15) is 0 Å². The van der Waals surface area contributed by atoms with Gasteiger partial charge in [0.05, 0.1) is 0 Å². The number of carbonyl (C=O) groups is 2. The van der Waals surface area contributed by atoms with Crippen LogP contribution in [-0.4, -0.2) is 22.2 Å². The molecule has 0 radical (unpaired) electrons. The van der Waals surface area contributed by atoms with E-state index >= 15 is 0 Å². The molecule has 0 saturated carbocycles. The predicted octanol–water partition coefficient (Wildman–Crippen LogP) is 8.79. The smallest absolute Gasteiger partial charge is 0.321 e. The Bertz CT molecular complexity index is 490. The van der Waals surface area contributed by atoms with Crippen LogP contribution < -0.4 is 0 Å². The van der Waals surface area contributed by atoms with Crippen LogP contribution in [0.2, 0.25) is 0 Å². The highest BCUT2D eigenvalue weighted by Gasteiger charge is 2.45. The van der Waals surface area contributed by atoms with E-state index in [-0.39, 0.29) is 12.8 Å². The maximum atomic E-state index is 11.9. The van der Waals surface area contributed by atoms with Gasteiger partial charge in [0.15, 0.2) is 5.41 Å². The van der Waals surface area contributed by atoms with E-state index in [1.165, 1.54) is 51.4 Å². The van der Waals surface area contributed by atoms with Gasteiger partial charge in [0.25, 0.3) is 0 Å². The van der Waals surface area contributed by atoms with Crippen molar-refractivity contribution in [3.63, 3.8) is 0 Å². The molecule has 0 aromatic heterocycles. The molecule has 0 aliphatic rings. The van der Waals surface area contributed by atoms with Gasteiger partial charge in [-0.3, -0.25) is 9.59 Å². The van der Waals surface area contributed by atoms with Crippen LogP contribution in [0.15, 0.2) is 12.7 Å².